The van der Waals surface area contributed by atoms with Gasteiger partial charge in [0.1, 0.15) is 11.7 Å². The van der Waals surface area contributed by atoms with E-state index in [1.165, 1.54) is 12.5 Å². The first-order valence-corrected chi connectivity index (χ1v) is 8.21. The largest absolute Gasteiger partial charge is 0.387 e. The van der Waals surface area contributed by atoms with Gasteiger partial charge < -0.3 is 19.8 Å². The number of hydrogen-bond acceptors (Lipinski definition) is 6. The minimum absolute atomic E-state index is 0.137. The highest BCUT2D eigenvalue weighted by atomic mass is 19.1. The molecule has 136 valence electrons. The van der Waals surface area contributed by atoms with E-state index in [-0.39, 0.29) is 18.2 Å². The molecule has 2 N–H and O–H groups in total. The summed E-state index contributed by atoms with van der Waals surface area (Å²) in [5, 5.41) is 21.0. The molecule has 1 saturated heterocycles. The number of aliphatic imine (C=N–C) groups is 1. The molecule has 6 atom stereocenters. The predicted molar refractivity (Wildman–Crippen MR) is 86.5 cm³/mol. The summed E-state index contributed by atoms with van der Waals surface area (Å²) in [6, 6.07) is 0. The van der Waals surface area contributed by atoms with Crippen LogP contribution in [0.3, 0.4) is 0 Å². The van der Waals surface area contributed by atoms with Crippen LogP contribution in [0.1, 0.15) is 24.6 Å². The van der Waals surface area contributed by atoms with E-state index in [1.54, 1.807) is 25.9 Å². The Balaban J connectivity index is 1.67. The lowest BCUT2D eigenvalue weighted by Gasteiger charge is -2.26. The van der Waals surface area contributed by atoms with Crippen LogP contribution in [-0.4, -0.2) is 68.6 Å². The molecule has 0 unspecified atom stereocenters. The first kappa shape index (κ1) is 16.6. The van der Waals surface area contributed by atoms with Crippen molar-refractivity contribution in [2.45, 2.75) is 49.5 Å². The van der Waals surface area contributed by atoms with Crippen LogP contribution in [0.5, 0.6) is 0 Å². The van der Waals surface area contributed by atoms with E-state index < -0.39 is 35.4 Å². The van der Waals surface area contributed by atoms with Gasteiger partial charge in [0, 0.05) is 25.9 Å². The second-order valence-electron chi connectivity index (χ2n) is 7.54. The second-order valence-corrected chi connectivity index (χ2v) is 7.54. The number of aliphatic hydroxyl groups is 2. The lowest BCUT2D eigenvalue weighted by atomic mass is 9.91. The third-order valence-electron chi connectivity index (χ3n) is 5.40. The summed E-state index contributed by atoms with van der Waals surface area (Å²) in [7, 11) is 3.57. The molecule has 2 heterocycles. The van der Waals surface area contributed by atoms with Gasteiger partial charge in [-0.15, -0.1) is 0 Å². The molecule has 4 rings (SSSR count). The lowest BCUT2D eigenvalue weighted by molar-refractivity contribution is -0.108. The Morgan fingerprint density at radius 1 is 1.44 bits per heavy atom. The number of rotatable bonds is 3. The van der Waals surface area contributed by atoms with Crippen molar-refractivity contribution < 1.29 is 19.3 Å². The van der Waals surface area contributed by atoms with Crippen LogP contribution in [0.25, 0.3) is 0 Å². The Morgan fingerprint density at radius 2 is 2.12 bits per heavy atom. The molecule has 2 aliphatic carbocycles. The molecule has 2 saturated carbocycles. The van der Waals surface area contributed by atoms with Crippen molar-refractivity contribution >= 4 is 12.2 Å². The second kappa shape index (κ2) is 5.09. The summed E-state index contributed by atoms with van der Waals surface area (Å²) in [6.07, 6.45) is -0.589. The smallest absolute Gasteiger partial charge is 0.351 e. The molecule has 9 heteroatoms. The van der Waals surface area contributed by atoms with Crippen molar-refractivity contribution in [2.24, 2.45) is 10.9 Å². The van der Waals surface area contributed by atoms with Gasteiger partial charge in [0.25, 0.3) is 0 Å². The maximum Gasteiger partial charge on any atom is 0.351 e. The number of alkyl halides is 1. The summed E-state index contributed by atoms with van der Waals surface area (Å²) in [5.41, 5.74) is -3.10. The number of fused-ring (bicyclic) bond motifs is 3. The number of aromatic nitrogens is 2. The average Bonchev–Trinajstić information content (AvgIpc) is 3.00. The van der Waals surface area contributed by atoms with E-state index in [9.17, 15) is 19.4 Å². The summed E-state index contributed by atoms with van der Waals surface area (Å²) < 4.78 is 21.6. The molecule has 0 radical (unpaired) electrons. The summed E-state index contributed by atoms with van der Waals surface area (Å²) in [6.45, 7) is 1.70. The summed E-state index contributed by atoms with van der Waals surface area (Å²) >= 11 is 0. The molecule has 25 heavy (non-hydrogen) atoms. The van der Waals surface area contributed by atoms with E-state index in [0.717, 1.165) is 4.57 Å². The molecule has 0 amide bonds. The van der Waals surface area contributed by atoms with Gasteiger partial charge in [0.15, 0.2) is 18.2 Å². The monoisotopic (exact) mass is 352 g/mol. The number of halogens is 1. The van der Waals surface area contributed by atoms with Crippen molar-refractivity contribution in [3.63, 3.8) is 0 Å². The zero-order chi connectivity index (χ0) is 18.1. The van der Waals surface area contributed by atoms with Crippen LogP contribution in [0, 0.1) is 12.8 Å². The van der Waals surface area contributed by atoms with E-state index in [2.05, 4.69) is 9.98 Å². The summed E-state index contributed by atoms with van der Waals surface area (Å²) in [4.78, 5) is 22.0. The van der Waals surface area contributed by atoms with E-state index in [4.69, 9.17) is 4.74 Å². The predicted octanol–water partition coefficient (Wildman–Crippen LogP) is -0.106. The third kappa shape index (κ3) is 2.26. The molecular weight excluding hydrogens is 331 g/mol. The SMILES string of the molecule is Cc1cn([C@@H]2O[C@@H]3[C@@]4(O)C[C@H]4C[C@]3(O)[C@H]2F)c(=O)nc1N=CN(C)C. The van der Waals surface area contributed by atoms with Crippen molar-refractivity contribution in [3.8, 4) is 0 Å². The minimum atomic E-state index is -1.82. The van der Waals surface area contributed by atoms with Crippen LogP contribution >= 0.6 is 0 Å². The number of aryl methyl sites for hydroxylation is 1. The average molecular weight is 352 g/mol. The van der Waals surface area contributed by atoms with Crippen molar-refractivity contribution in [1.29, 1.82) is 0 Å². The van der Waals surface area contributed by atoms with Crippen LogP contribution in [-0.2, 0) is 4.74 Å². The molecule has 1 aromatic rings. The molecule has 0 spiro atoms. The zero-order valence-corrected chi connectivity index (χ0v) is 14.3. The van der Waals surface area contributed by atoms with Gasteiger partial charge in [-0.2, -0.15) is 4.98 Å². The highest BCUT2D eigenvalue weighted by molar-refractivity contribution is 5.60. The molecule has 0 aromatic carbocycles. The van der Waals surface area contributed by atoms with Gasteiger partial charge in [-0.25, -0.2) is 14.2 Å². The van der Waals surface area contributed by atoms with Crippen LogP contribution < -0.4 is 5.69 Å². The van der Waals surface area contributed by atoms with Gasteiger partial charge >= 0.3 is 5.69 Å². The van der Waals surface area contributed by atoms with Crippen LogP contribution in [0.2, 0.25) is 0 Å². The Morgan fingerprint density at radius 3 is 2.76 bits per heavy atom. The molecule has 3 fully saturated rings. The summed E-state index contributed by atoms with van der Waals surface area (Å²) in [5.74, 6) is 0.101. The number of ether oxygens (including phenoxy) is 1. The van der Waals surface area contributed by atoms with Crippen molar-refractivity contribution in [2.75, 3.05) is 14.1 Å². The van der Waals surface area contributed by atoms with Gasteiger partial charge in [0.05, 0.1) is 11.9 Å². The lowest BCUT2D eigenvalue weighted by Crippen LogP contribution is -2.47. The maximum atomic E-state index is 14.9. The van der Waals surface area contributed by atoms with Gasteiger partial charge in [-0.1, -0.05) is 0 Å². The standard InChI is InChI=1S/C16H21FN4O4/c1-8-6-21(14(22)19-11(8)18-7-20(2)3)12-10(17)16(24)5-9-4-15(9,23)13(16)25-12/h6-7,9-10,12-13,23-24H,4-5H2,1-3H3/t9-,10-,12+,13+,15+,16-/m0/s1. The first-order chi connectivity index (χ1) is 11.7. The number of hydrogen-bond donors (Lipinski definition) is 2. The van der Waals surface area contributed by atoms with Crippen molar-refractivity contribution in [1.82, 2.24) is 14.5 Å². The molecule has 0 bridgehead atoms. The van der Waals surface area contributed by atoms with E-state index >= 15 is 0 Å². The third-order valence-corrected chi connectivity index (χ3v) is 5.40. The van der Waals surface area contributed by atoms with Crippen LogP contribution in [0.15, 0.2) is 16.0 Å². The molecule has 1 aromatic heterocycles. The molecular formula is C16H21FN4O4. The molecule has 3 aliphatic rings. The fraction of sp³-hybridized carbons (Fsp3) is 0.688. The fourth-order valence-corrected chi connectivity index (χ4v) is 4.04. The maximum absolute atomic E-state index is 14.9. The van der Waals surface area contributed by atoms with Gasteiger partial charge in [-0.3, -0.25) is 4.57 Å². The highest BCUT2D eigenvalue weighted by Crippen LogP contribution is 2.65. The van der Waals surface area contributed by atoms with Crippen molar-refractivity contribution in [3.05, 3.63) is 22.2 Å². The highest BCUT2D eigenvalue weighted by Gasteiger charge is 2.78. The van der Waals surface area contributed by atoms with Gasteiger partial charge in [-0.05, 0) is 25.7 Å². The topological polar surface area (TPSA) is 100 Å². The quantitative estimate of drug-likeness (QED) is 0.582. The molecule has 8 nitrogen and oxygen atoms in total. The number of nitrogens with zero attached hydrogens (tertiary/aromatic N) is 4. The zero-order valence-electron chi connectivity index (χ0n) is 14.3. The van der Waals surface area contributed by atoms with E-state index in [1.807, 2.05) is 0 Å². The minimum Gasteiger partial charge on any atom is -0.387 e. The fourth-order valence-electron chi connectivity index (χ4n) is 4.04. The van der Waals surface area contributed by atoms with E-state index in [0.29, 0.717) is 12.0 Å². The van der Waals surface area contributed by atoms with Gasteiger partial charge in [0.2, 0.25) is 0 Å². The Kier molecular flexibility index (Phi) is 3.38. The Hall–Kier alpha value is -1.84. The Bertz CT molecular complexity index is 812. The van der Waals surface area contributed by atoms with Crippen LogP contribution in [0.4, 0.5) is 10.2 Å². The normalized spacial score (nSPS) is 41.8. The first-order valence-electron chi connectivity index (χ1n) is 8.21. The Labute approximate surface area is 143 Å². The molecule has 1 aliphatic heterocycles.